The molecule has 22 heavy (non-hydrogen) atoms. The largest absolute Gasteiger partial charge is 0.452 e. The average Bonchev–Trinajstić information content (AvgIpc) is 2.96. The molecule has 2 rings (SSSR count). The highest BCUT2D eigenvalue weighted by atomic mass is 32.2. The van der Waals surface area contributed by atoms with E-state index in [1.807, 2.05) is 0 Å². The zero-order chi connectivity index (χ0) is 16.3. The number of methoxy groups -OCH3 is 1. The number of rotatable bonds is 4. The number of thiol groups is 1. The number of nitro groups is 1. The van der Waals surface area contributed by atoms with E-state index in [0.29, 0.717) is 15.6 Å². The summed E-state index contributed by atoms with van der Waals surface area (Å²) in [7, 11) is -2.21. The van der Waals surface area contributed by atoms with Gasteiger partial charge in [-0.1, -0.05) is 12.1 Å². The van der Waals surface area contributed by atoms with Crippen molar-refractivity contribution in [2.45, 2.75) is 0 Å². The Hall–Kier alpha value is -2.53. The van der Waals surface area contributed by atoms with Gasteiger partial charge in [0.25, 0.3) is 5.69 Å². The molecular formula is C11H9N3O6S2. The molecule has 2 aromatic rings. The lowest BCUT2D eigenvalue weighted by atomic mass is 10.1. The first-order chi connectivity index (χ1) is 10.4. The third-order valence-electron chi connectivity index (χ3n) is 2.54. The van der Waals surface area contributed by atoms with Crippen LogP contribution in [0.2, 0.25) is 0 Å². The van der Waals surface area contributed by atoms with Crippen LogP contribution >= 0.6 is 11.3 Å². The van der Waals surface area contributed by atoms with Crippen LogP contribution in [0.15, 0.2) is 29.6 Å². The molecule has 0 unspecified atom stereocenters. The average molecular weight is 343 g/mol. The predicted octanol–water partition coefficient (Wildman–Crippen LogP) is 1.82. The second-order valence-electron chi connectivity index (χ2n) is 3.84. The van der Waals surface area contributed by atoms with Crippen molar-refractivity contribution in [1.82, 2.24) is 4.98 Å². The Morgan fingerprint density at radius 2 is 2.18 bits per heavy atom. The van der Waals surface area contributed by atoms with Gasteiger partial charge in [-0.25, -0.2) is 18.2 Å². The third-order valence-corrected chi connectivity index (χ3v) is 4.18. The van der Waals surface area contributed by atoms with Crippen molar-refractivity contribution in [3.8, 4) is 11.3 Å². The van der Waals surface area contributed by atoms with Crippen LogP contribution in [0.1, 0.15) is 0 Å². The molecule has 0 radical (unpaired) electrons. The van der Waals surface area contributed by atoms with Gasteiger partial charge in [0, 0.05) is 23.1 Å². The standard InChI is InChI=1S/C11H9N3O6S2/c1-20-11(15)13(22(18)19)10-12-9(6-21-10)7-3-2-4-8(5-7)14(16)17/h2-6,22H,1H3. The molecule has 0 aliphatic rings. The molecule has 0 bridgehead atoms. The molecule has 1 aromatic heterocycles. The predicted molar refractivity (Wildman–Crippen MR) is 79.4 cm³/mol. The Morgan fingerprint density at radius 1 is 1.45 bits per heavy atom. The maximum absolute atomic E-state index is 11.4. The van der Waals surface area contributed by atoms with Gasteiger partial charge in [-0.3, -0.25) is 10.1 Å². The highest BCUT2D eigenvalue weighted by molar-refractivity contribution is 7.75. The lowest BCUT2D eigenvalue weighted by Gasteiger charge is -2.09. The lowest BCUT2D eigenvalue weighted by Crippen LogP contribution is -2.28. The fraction of sp³-hybridized carbons (Fsp3) is 0.0909. The van der Waals surface area contributed by atoms with Gasteiger partial charge >= 0.3 is 6.09 Å². The van der Waals surface area contributed by atoms with E-state index in [-0.39, 0.29) is 10.8 Å². The number of benzene rings is 1. The summed E-state index contributed by atoms with van der Waals surface area (Å²) in [6, 6.07) is 5.70. The molecule has 0 saturated carbocycles. The summed E-state index contributed by atoms with van der Waals surface area (Å²) >= 11 is 0.899. The van der Waals surface area contributed by atoms with Crippen LogP contribution in [-0.4, -0.2) is 31.5 Å². The number of hydrogen-bond donors (Lipinski definition) is 1. The molecule has 1 amide bonds. The fourth-order valence-electron chi connectivity index (χ4n) is 1.57. The first kappa shape index (κ1) is 15.9. The summed E-state index contributed by atoms with van der Waals surface area (Å²) in [5.41, 5.74) is 0.629. The number of aromatic nitrogens is 1. The van der Waals surface area contributed by atoms with Gasteiger partial charge in [0.1, 0.15) is 0 Å². The van der Waals surface area contributed by atoms with E-state index in [1.165, 1.54) is 23.6 Å². The van der Waals surface area contributed by atoms with Gasteiger partial charge < -0.3 is 4.74 Å². The number of carbonyl (C=O) groups excluding carboxylic acids is 1. The Morgan fingerprint density at radius 3 is 2.77 bits per heavy atom. The minimum absolute atomic E-state index is 0.107. The number of amides is 1. The second kappa shape index (κ2) is 6.49. The molecule has 11 heteroatoms. The molecule has 0 aliphatic carbocycles. The molecule has 9 nitrogen and oxygen atoms in total. The highest BCUT2D eigenvalue weighted by Gasteiger charge is 2.23. The molecule has 116 valence electrons. The first-order valence-corrected chi connectivity index (χ1v) is 7.67. The first-order valence-electron chi connectivity index (χ1n) is 5.66. The Kier molecular flexibility index (Phi) is 4.68. The number of non-ortho nitro benzene ring substituents is 1. The highest BCUT2D eigenvalue weighted by Crippen LogP contribution is 2.29. The molecular weight excluding hydrogens is 334 g/mol. The van der Waals surface area contributed by atoms with E-state index >= 15 is 0 Å². The number of carbonyl (C=O) groups is 1. The summed E-state index contributed by atoms with van der Waals surface area (Å²) in [6.07, 6.45) is -1.09. The van der Waals surface area contributed by atoms with E-state index in [1.54, 1.807) is 6.07 Å². The van der Waals surface area contributed by atoms with E-state index in [9.17, 15) is 23.3 Å². The van der Waals surface area contributed by atoms with E-state index in [0.717, 1.165) is 18.4 Å². The molecule has 0 aliphatic heterocycles. The van der Waals surface area contributed by atoms with Crippen molar-refractivity contribution < 1.29 is 22.9 Å². The normalized spacial score (nSPS) is 10.5. The zero-order valence-corrected chi connectivity index (χ0v) is 12.7. The number of anilines is 1. The minimum atomic E-state index is -3.26. The number of hydrogen-bond acceptors (Lipinski definition) is 8. The molecule has 0 spiro atoms. The van der Waals surface area contributed by atoms with Crippen LogP contribution in [-0.2, 0) is 15.6 Å². The Bertz CT molecular complexity index is 793. The third kappa shape index (κ3) is 3.20. The number of thiazole rings is 1. The van der Waals surface area contributed by atoms with E-state index in [4.69, 9.17) is 0 Å². The maximum Gasteiger partial charge on any atom is 0.429 e. The number of nitrogens with zero attached hydrogens (tertiary/aromatic N) is 3. The van der Waals surface area contributed by atoms with Crippen LogP contribution in [0, 0.1) is 10.1 Å². The quantitative estimate of drug-likeness (QED) is 0.510. The minimum Gasteiger partial charge on any atom is -0.452 e. The van der Waals surface area contributed by atoms with Gasteiger partial charge in [-0.05, 0) is 0 Å². The van der Waals surface area contributed by atoms with Gasteiger partial charge in [0.15, 0.2) is 0 Å². The van der Waals surface area contributed by atoms with E-state index < -0.39 is 21.9 Å². The summed E-state index contributed by atoms with van der Waals surface area (Å²) in [6.45, 7) is 0. The van der Waals surface area contributed by atoms with Crippen molar-refractivity contribution in [3.05, 3.63) is 39.8 Å². The molecule has 0 saturated heterocycles. The van der Waals surface area contributed by atoms with Gasteiger partial charge in [-0.2, -0.15) is 0 Å². The monoisotopic (exact) mass is 343 g/mol. The van der Waals surface area contributed by atoms with Crippen LogP contribution in [0.3, 0.4) is 0 Å². The van der Waals surface area contributed by atoms with Gasteiger partial charge in [0.2, 0.25) is 16.0 Å². The second-order valence-corrected chi connectivity index (χ2v) is 5.55. The molecule has 1 aromatic carbocycles. The van der Waals surface area contributed by atoms with Crippen LogP contribution in [0.5, 0.6) is 0 Å². The lowest BCUT2D eigenvalue weighted by molar-refractivity contribution is -0.384. The Labute approximate surface area is 130 Å². The van der Waals surface area contributed by atoms with Crippen molar-refractivity contribution in [1.29, 1.82) is 0 Å². The van der Waals surface area contributed by atoms with Gasteiger partial charge in [0.05, 0.1) is 17.7 Å². The van der Waals surface area contributed by atoms with Crippen LogP contribution in [0.25, 0.3) is 11.3 Å². The van der Waals surface area contributed by atoms with Crippen molar-refractivity contribution >= 4 is 39.1 Å². The summed E-state index contributed by atoms with van der Waals surface area (Å²) < 4.78 is 27.0. The van der Waals surface area contributed by atoms with Crippen molar-refractivity contribution in [2.24, 2.45) is 0 Å². The fourth-order valence-corrected chi connectivity index (χ4v) is 3.05. The van der Waals surface area contributed by atoms with Gasteiger partial charge in [-0.15, -0.1) is 15.6 Å². The van der Waals surface area contributed by atoms with Crippen molar-refractivity contribution in [2.75, 3.05) is 11.4 Å². The number of ether oxygens (including phenoxy) is 1. The Balaban J connectivity index is 2.41. The molecule has 0 atom stereocenters. The molecule has 1 heterocycles. The SMILES string of the molecule is COC(=O)N(c1nc(-c2cccc([N+](=O)[O-])c2)cs1)[SH](=O)=O. The van der Waals surface area contributed by atoms with Crippen LogP contribution < -0.4 is 4.31 Å². The van der Waals surface area contributed by atoms with Crippen molar-refractivity contribution in [3.63, 3.8) is 0 Å². The topological polar surface area (TPSA) is 120 Å². The zero-order valence-electron chi connectivity index (χ0n) is 11.0. The summed E-state index contributed by atoms with van der Waals surface area (Å²) in [5, 5.41) is 12.1. The summed E-state index contributed by atoms with van der Waals surface area (Å²) in [5.74, 6) is 0. The summed E-state index contributed by atoms with van der Waals surface area (Å²) in [4.78, 5) is 25.7. The van der Waals surface area contributed by atoms with Crippen LogP contribution in [0.4, 0.5) is 15.6 Å². The molecule has 0 N–H and O–H groups in total. The number of nitro benzene ring substituents is 1. The smallest absolute Gasteiger partial charge is 0.429 e. The maximum atomic E-state index is 11.4. The molecule has 0 fully saturated rings. The van der Waals surface area contributed by atoms with E-state index in [2.05, 4.69) is 9.72 Å².